The average Bonchev–Trinajstić information content (AvgIpc) is 2.38. The van der Waals surface area contributed by atoms with Crippen molar-refractivity contribution >= 4 is 21.6 Å². The second-order valence-electron chi connectivity index (χ2n) is 4.39. The van der Waals surface area contributed by atoms with Gasteiger partial charge in [-0.2, -0.15) is 0 Å². The van der Waals surface area contributed by atoms with Crippen LogP contribution in [0.4, 0.5) is 10.1 Å². The van der Waals surface area contributed by atoms with Crippen LogP contribution in [0, 0.1) is 5.82 Å². The van der Waals surface area contributed by atoms with Crippen molar-refractivity contribution in [2.45, 2.75) is 19.6 Å². The highest BCUT2D eigenvalue weighted by Crippen LogP contribution is 2.27. The lowest BCUT2D eigenvalue weighted by atomic mass is 10.1. The minimum absolute atomic E-state index is 0.0180. The molecule has 2 N–H and O–H groups in total. The molecule has 0 heterocycles. The largest absolute Gasteiger partial charge is 0.392 e. The second-order valence-corrected chi connectivity index (χ2v) is 5.24. The Kier molecular flexibility index (Phi) is 4.56. The molecular formula is C15H15BrFNO. The quantitative estimate of drug-likeness (QED) is 0.881. The fourth-order valence-corrected chi connectivity index (χ4v) is 2.63. The zero-order valence-electron chi connectivity index (χ0n) is 10.5. The maximum atomic E-state index is 13.1. The van der Waals surface area contributed by atoms with E-state index in [0.717, 1.165) is 21.3 Å². The van der Waals surface area contributed by atoms with Gasteiger partial charge in [0.2, 0.25) is 0 Å². The average molecular weight is 324 g/mol. The van der Waals surface area contributed by atoms with E-state index in [9.17, 15) is 4.39 Å². The Balaban J connectivity index is 2.17. The van der Waals surface area contributed by atoms with Gasteiger partial charge in [0.25, 0.3) is 0 Å². The zero-order valence-corrected chi connectivity index (χ0v) is 12.1. The van der Waals surface area contributed by atoms with Crippen molar-refractivity contribution in [3.63, 3.8) is 0 Å². The summed E-state index contributed by atoms with van der Waals surface area (Å²) in [6.45, 7) is 2.02. The minimum Gasteiger partial charge on any atom is -0.392 e. The lowest BCUT2D eigenvalue weighted by molar-refractivity contribution is 0.282. The Morgan fingerprint density at radius 1 is 1.26 bits per heavy atom. The van der Waals surface area contributed by atoms with Gasteiger partial charge in [0.05, 0.1) is 6.61 Å². The predicted octanol–water partition coefficient (Wildman–Crippen LogP) is 4.25. The normalized spacial score (nSPS) is 12.2. The summed E-state index contributed by atoms with van der Waals surface area (Å²) in [4.78, 5) is 0. The van der Waals surface area contributed by atoms with Crippen LogP contribution in [0.25, 0.3) is 0 Å². The van der Waals surface area contributed by atoms with Gasteiger partial charge in [-0.3, -0.25) is 0 Å². The number of halogens is 2. The van der Waals surface area contributed by atoms with Crippen molar-refractivity contribution in [1.29, 1.82) is 0 Å². The molecule has 0 radical (unpaired) electrons. The summed E-state index contributed by atoms with van der Waals surface area (Å²) in [5.41, 5.74) is 2.77. The predicted molar refractivity (Wildman–Crippen MR) is 78.5 cm³/mol. The van der Waals surface area contributed by atoms with E-state index in [2.05, 4.69) is 21.2 Å². The smallest absolute Gasteiger partial charge is 0.124 e. The Labute approximate surface area is 120 Å². The molecule has 100 valence electrons. The van der Waals surface area contributed by atoms with Gasteiger partial charge in [0.15, 0.2) is 0 Å². The van der Waals surface area contributed by atoms with Gasteiger partial charge in [-0.15, -0.1) is 0 Å². The van der Waals surface area contributed by atoms with Crippen molar-refractivity contribution < 1.29 is 9.50 Å². The van der Waals surface area contributed by atoms with Crippen molar-refractivity contribution in [3.8, 4) is 0 Å². The van der Waals surface area contributed by atoms with Crippen molar-refractivity contribution in [3.05, 3.63) is 63.9 Å². The van der Waals surface area contributed by atoms with Crippen LogP contribution in [0.15, 0.2) is 46.9 Å². The van der Waals surface area contributed by atoms with E-state index in [-0.39, 0.29) is 18.5 Å². The molecule has 0 aliphatic carbocycles. The summed E-state index contributed by atoms with van der Waals surface area (Å²) in [7, 11) is 0. The van der Waals surface area contributed by atoms with E-state index in [4.69, 9.17) is 5.11 Å². The number of anilines is 1. The van der Waals surface area contributed by atoms with Crippen LogP contribution in [0.2, 0.25) is 0 Å². The SMILES string of the molecule is CC(Nc1cccc(CO)c1)c1ccc(F)cc1Br. The molecule has 0 amide bonds. The number of aliphatic hydroxyl groups excluding tert-OH is 1. The van der Waals surface area contributed by atoms with Gasteiger partial charge in [-0.1, -0.05) is 34.1 Å². The van der Waals surface area contributed by atoms with Gasteiger partial charge in [0, 0.05) is 16.2 Å². The molecule has 2 rings (SSSR count). The van der Waals surface area contributed by atoms with E-state index >= 15 is 0 Å². The van der Waals surface area contributed by atoms with E-state index < -0.39 is 0 Å². The molecule has 2 aromatic rings. The maximum absolute atomic E-state index is 13.1. The summed E-state index contributed by atoms with van der Waals surface area (Å²) in [5.74, 6) is -0.259. The molecule has 0 saturated carbocycles. The summed E-state index contributed by atoms with van der Waals surface area (Å²) >= 11 is 3.37. The molecule has 0 fully saturated rings. The standard InChI is InChI=1S/C15H15BrFNO/c1-10(14-6-5-12(17)8-15(14)16)18-13-4-2-3-11(7-13)9-19/h2-8,10,18-19H,9H2,1H3. The molecular weight excluding hydrogens is 309 g/mol. The Hall–Kier alpha value is -1.39. The first-order valence-corrected chi connectivity index (χ1v) is 6.80. The molecule has 2 aromatic carbocycles. The van der Waals surface area contributed by atoms with E-state index in [1.165, 1.54) is 12.1 Å². The molecule has 0 aromatic heterocycles. The van der Waals surface area contributed by atoms with Crippen LogP contribution in [0.3, 0.4) is 0 Å². The van der Waals surface area contributed by atoms with Crippen LogP contribution < -0.4 is 5.32 Å². The van der Waals surface area contributed by atoms with Crippen LogP contribution >= 0.6 is 15.9 Å². The number of hydrogen-bond acceptors (Lipinski definition) is 2. The van der Waals surface area contributed by atoms with E-state index in [1.54, 1.807) is 6.07 Å². The van der Waals surface area contributed by atoms with Crippen molar-refractivity contribution in [2.24, 2.45) is 0 Å². The van der Waals surface area contributed by atoms with Gasteiger partial charge in [0.1, 0.15) is 5.82 Å². The Morgan fingerprint density at radius 3 is 2.74 bits per heavy atom. The molecule has 1 atom stereocenters. The molecule has 4 heteroatoms. The van der Waals surface area contributed by atoms with Crippen molar-refractivity contribution in [2.75, 3.05) is 5.32 Å². The third-order valence-corrected chi connectivity index (χ3v) is 3.61. The molecule has 2 nitrogen and oxygen atoms in total. The first-order valence-electron chi connectivity index (χ1n) is 6.01. The lowest BCUT2D eigenvalue weighted by Crippen LogP contribution is -2.07. The second kappa shape index (κ2) is 6.17. The fourth-order valence-electron chi connectivity index (χ4n) is 1.94. The highest BCUT2D eigenvalue weighted by molar-refractivity contribution is 9.10. The number of hydrogen-bond donors (Lipinski definition) is 2. The Bertz CT molecular complexity index is 574. The van der Waals surface area contributed by atoms with Crippen molar-refractivity contribution in [1.82, 2.24) is 0 Å². The highest BCUT2D eigenvalue weighted by atomic mass is 79.9. The highest BCUT2D eigenvalue weighted by Gasteiger charge is 2.10. The topological polar surface area (TPSA) is 32.3 Å². The molecule has 0 aliphatic heterocycles. The molecule has 19 heavy (non-hydrogen) atoms. The molecule has 1 unspecified atom stereocenters. The summed E-state index contributed by atoms with van der Waals surface area (Å²) < 4.78 is 13.8. The molecule has 0 spiro atoms. The summed E-state index contributed by atoms with van der Waals surface area (Å²) in [6.07, 6.45) is 0. The minimum atomic E-state index is -0.259. The Morgan fingerprint density at radius 2 is 2.05 bits per heavy atom. The fraction of sp³-hybridized carbons (Fsp3) is 0.200. The van der Waals surface area contributed by atoms with E-state index in [0.29, 0.717) is 0 Å². The maximum Gasteiger partial charge on any atom is 0.124 e. The summed E-state index contributed by atoms with van der Waals surface area (Å²) in [5, 5.41) is 12.4. The third kappa shape index (κ3) is 3.55. The molecule has 0 bridgehead atoms. The van der Waals surface area contributed by atoms with Gasteiger partial charge < -0.3 is 10.4 Å². The van der Waals surface area contributed by atoms with Gasteiger partial charge in [-0.25, -0.2) is 4.39 Å². The first kappa shape index (κ1) is 14.0. The molecule has 0 aliphatic rings. The number of benzene rings is 2. The van der Waals surface area contributed by atoms with Crippen LogP contribution in [-0.2, 0) is 6.61 Å². The van der Waals surface area contributed by atoms with E-state index in [1.807, 2.05) is 31.2 Å². The van der Waals surface area contributed by atoms with Crippen LogP contribution in [0.5, 0.6) is 0 Å². The van der Waals surface area contributed by atoms with Crippen LogP contribution in [0.1, 0.15) is 24.1 Å². The van der Waals surface area contributed by atoms with Gasteiger partial charge in [-0.05, 0) is 42.3 Å². The number of rotatable bonds is 4. The van der Waals surface area contributed by atoms with Gasteiger partial charge >= 0.3 is 0 Å². The lowest BCUT2D eigenvalue weighted by Gasteiger charge is -2.17. The monoisotopic (exact) mass is 323 g/mol. The number of aliphatic hydroxyl groups is 1. The first-order chi connectivity index (χ1) is 9.10. The summed E-state index contributed by atoms with van der Waals surface area (Å²) in [6, 6.07) is 12.3. The molecule has 0 saturated heterocycles. The number of nitrogens with one attached hydrogen (secondary N) is 1. The third-order valence-electron chi connectivity index (χ3n) is 2.92. The zero-order chi connectivity index (χ0) is 13.8. The van der Waals surface area contributed by atoms with Crippen LogP contribution in [-0.4, -0.2) is 5.11 Å².